The Morgan fingerprint density at radius 2 is 1.92 bits per heavy atom. The first kappa shape index (κ1) is 29.7. The number of allylic oxidation sites excluding steroid dienone is 4. The third-order valence-corrected chi connectivity index (χ3v) is 6.56. The summed E-state index contributed by atoms with van der Waals surface area (Å²) in [6.45, 7) is 12.0. The molecule has 0 aliphatic rings. The second-order valence-corrected chi connectivity index (χ2v) is 8.96. The zero-order chi connectivity index (χ0) is 27.5. The van der Waals surface area contributed by atoms with Gasteiger partial charge in [-0.2, -0.15) is 4.98 Å². The Morgan fingerprint density at radius 3 is 2.49 bits per heavy atom. The number of halogens is 1. The number of nitrogens with two attached hydrogens (primary N) is 2. The zero-order valence-electron chi connectivity index (χ0n) is 22.2. The standard InChI is InChI=1S/C18H20ClNO.C8H9N5S.C2H6/c1-4-7-10-14(5-2)20-15(6-3)12-13-9-8-11-16(19)17(13)18(20)21;1-4-3-14-7(12-4)5-2-11-8(10)13-6(5)9;1-2/h4,7-12H,5-6H2,1-3H3;2-3H,1H3,(H4,9,10,11,13);1-2H3/b7-4-,14-10+;;. The normalized spacial score (nSPS) is 11.2. The number of hydrogen-bond acceptors (Lipinski definition) is 7. The van der Waals surface area contributed by atoms with Crippen molar-refractivity contribution < 1.29 is 0 Å². The van der Waals surface area contributed by atoms with Crippen molar-refractivity contribution in [2.24, 2.45) is 0 Å². The van der Waals surface area contributed by atoms with Crippen LogP contribution in [-0.2, 0) is 6.42 Å². The summed E-state index contributed by atoms with van der Waals surface area (Å²) < 4.78 is 1.80. The highest BCUT2D eigenvalue weighted by Crippen LogP contribution is 2.27. The number of benzene rings is 1. The van der Waals surface area contributed by atoms with Crippen LogP contribution in [0.25, 0.3) is 27.0 Å². The Balaban J connectivity index is 0.000000260. The lowest BCUT2D eigenvalue weighted by Gasteiger charge is -2.16. The van der Waals surface area contributed by atoms with Gasteiger partial charge in [-0.25, -0.2) is 9.97 Å². The molecule has 0 amide bonds. The summed E-state index contributed by atoms with van der Waals surface area (Å²) in [5.74, 6) is 0.548. The van der Waals surface area contributed by atoms with Gasteiger partial charge >= 0.3 is 0 Å². The van der Waals surface area contributed by atoms with E-state index < -0.39 is 0 Å². The van der Waals surface area contributed by atoms with E-state index in [0.29, 0.717) is 16.2 Å². The van der Waals surface area contributed by atoms with Gasteiger partial charge in [0, 0.05) is 28.7 Å². The smallest absolute Gasteiger partial charge is 0.264 e. The van der Waals surface area contributed by atoms with E-state index in [-0.39, 0.29) is 11.5 Å². The van der Waals surface area contributed by atoms with Crippen LogP contribution in [0.2, 0.25) is 5.02 Å². The Bertz CT molecular complexity index is 1460. The largest absolute Gasteiger partial charge is 0.383 e. The molecule has 0 radical (unpaired) electrons. The molecule has 4 rings (SSSR count). The van der Waals surface area contributed by atoms with E-state index in [1.807, 2.05) is 63.4 Å². The maximum absolute atomic E-state index is 12.9. The summed E-state index contributed by atoms with van der Waals surface area (Å²) in [6, 6.07) is 7.64. The minimum absolute atomic E-state index is 0.0347. The molecule has 0 spiro atoms. The molecule has 4 N–H and O–H groups in total. The van der Waals surface area contributed by atoms with Gasteiger partial charge in [0.15, 0.2) is 0 Å². The molecule has 0 aliphatic carbocycles. The number of nitrogens with zero attached hydrogens (tertiary/aromatic N) is 4. The molecule has 0 fully saturated rings. The number of fused-ring (bicyclic) bond motifs is 1. The maximum Gasteiger partial charge on any atom is 0.264 e. The fourth-order valence-electron chi connectivity index (χ4n) is 3.56. The Labute approximate surface area is 227 Å². The van der Waals surface area contributed by atoms with Crippen LogP contribution in [0, 0.1) is 6.92 Å². The van der Waals surface area contributed by atoms with Crippen LogP contribution >= 0.6 is 22.9 Å². The van der Waals surface area contributed by atoms with Crippen molar-refractivity contribution in [2.45, 2.75) is 54.4 Å². The van der Waals surface area contributed by atoms with Crippen molar-refractivity contribution >= 4 is 51.2 Å². The topological polar surface area (TPSA) is 113 Å². The summed E-state index contributed by atoms with van der Waals surface area (Å²) in [4.78, 5) is 24.9. The number of anilines is 2. The van der Waals surface area contributed by atoms with Gasteiger partial charge in [-0.15, -0.1) is 11.3 Å². The van der Waals surface area contributed by atoms with Crippen LogP contribution in [0.5, 0.6) is 0 Å². The highest BCUT2D eigenvalue weighted by Gasteiger charge is 2.13. The number of pyridine rings is 1. The molecule has 1 aromatic carbocycles. The summed E-state index contributed by atoms with van der Waals surface area (Å²) in [6.07, 6.45) is 9.08. The second kappa shape index (κ2) is 14.3. The second-order valence-electron chi connectivity index (χ2n) is 7.69. The number of hydrogen-bond donors (Lipinski definition) is 2. The first-order valence-electron chi connectivity index (χ1n) is 12.3. The van der Waals surface area contributed by atoms with E-state index in [2.05, 4.69) is 34.9 Å². The van der Waals surface area contributed by atoms with Gasteiger partial charge in [0.05, 0.1) is 16.0 Å². The van der Waals surface area contributed by atoms with Crippen molar-refractivity contribution in [3.05, 3.63) is 80.8 Å². The molecule has 196 valence electrons. The molecule has 3 aromatic heterocycles. The molecule has 0 bridgehead atoms. The van der Waals surface area contributed by atoms with Gasteiger partial charge in [0.1, 0.15) is 10.8 Å². The summed E-state index contributed by atoms with van der Waals surface area (Å²) >= 11 is 7.75. The Hall–Kier alpha value is -3.49. The van der Waals surface area contributed by atoms with Crippen molar-refractivity contribution in [1.29, 1.82) is 0 Å². The Kier molecular flexibility index (Phi) is 11.5. The van der Waals surface area contributed by atoms with Crippen LogP contribution in [0.15, 0.2) is 58.9 Å². The van der Waals surface area contributed by atoms with Gasteiger partial charge < -0.3 is 11.5 Å². The molecule has 0 unspecified atom stereocenters. The highest BCUT2D eigenvalue weighted by molar-refractivity contribution is 7.13. The van der Waals surface area contributed by atoms with E-state index in [4.69, 9.17) is 23.1 Å². The maximum atomic E-state index is 12.9. The van der Waals surface area contributed by atoms with Crippen molar-refractivity contribution in [3.8, 4) is 10.6 Å². The summed E-state index contributed by atoms with van der Waals surface area (Å²) in [5, 5.41) is 4.78. The third kappa shape index (κ3) is 7.27. The molecule has 0 aliphatic heterocycles. The minimum Gasteiger partial charge on any atom is -0.383 e. The van der Waals surface area contributed by atoms with Gasteiger partial charge in [-0.3, -0.25) is 9.36 Å². The molecule has 3 heterocycles. The predicted octanol–water partition coefficient (Wildman–Crippen LogP) is 7.14. The lowest BCUT2D eigenvalue weighted by atomic mass is 10.1. The quantitative estimate of drug-likeness (QED) is 0.261. The van der Waals surface area contributed by atoms with Gasteiger partial charge in [0.25, 0.3) is 5.56 Å². The molecule has 4 aromatic rings. The van der Waals surface area contributed by atoms with Crippen LogP contribution in [0.1, 0.15) is 52.4 Å². The fourth-order valence-corrected chi connectivity index (χ4v) is 4.64. The lowest BCUT2D eigenvalue weighted by molar-refractivity contribution is 0.875. The van der Waals surface area contributed by atoms with E-state index in [1.165, 1.54) is 11.3 Å². The molecule has 7 nitrogen and oxygen atoms in total. The van der Waals surface area contributed by atoms with Crippen LogP contribution < -0.4 is 17.0 Å². The minimum atomic E-state index is -0.0347. The van der Waals surface area contributed by atoms with Crippen molar-refractivity contribution in [2.75, 3.05) is 11.5 Å². The molecule has 0 saturated heterocycles. The molecular weight excluding hydrogens is 504 g/mol. The van der Waals surface area contributed by atoms with Crippen LogP contribution in [0.3, 0.4) is 0 Å². The molecule has 37 heavy (non-hydrogen) atoms. The van der Waals surface area contributed by atoms with Crippen molar-refractivity contribution in [3.63, 3.8) is 0 Å². The zero-order valence-corrected chi connectivity index (χ0v) is 23.8. The van der Waals surface area contributed by atoms with Crippen LogP contribution in [0.4, 0.5) is 11.8 Å². The Morgan fingerprint density at radius 1 is 1.19 bits per heavy atom. The van der Waals surface area contributed by atoms with Gasteiger partial charge in [-0.1, -0.05) is 63.6 Å². The molecular formula is C28H35ClN6OS. The molecule has 0 atom stereocenters. The summed E-state index contributed by atoms with van der Waals surface area (Å²) in [5.41, 5.74) is 14.7. The molecule has 9 heteroatoms. The van der Waals surface area contributed by atoms with Crippen LogP contribution in [-0.4, -0.2) is 19.5 Å². The van der Waals surface area contributed by atoms with E-state index >= 15 is 0 Å². The van der Waals surface area contributed by atoms with Crippen molar-refractivity contribution in [1.82, 2.24) is 19.5 Å². The van der Waals surface area contributed by atoms with E-state index in [0.717, 1.165) is 45.9 Å². The van der Waals surface area contributed by atoms with E-state index in [9.17, 15) is 4.79 Å². The van der Waals surface area contributed by atoms with Gasteiger partial charge in [-0.05, 0) is 50.3 Å². The average Bonchev–Trinajstić information content (AvgIpc) is 3.32. The van der Waals surface area contributed by atoms with Gasteiger partial charge in [0.2, 0.25) is 5.95 Å². The number of thiazole rings is 1. The number of nitrogen functional groups attached to an aromatic ring is 2. The van der Waals surface area contributed by atoms with E-state index in [1.54, 1.807) is 16.8 Å². The number of aromatic nitrogens is 4. The lowest BCUT2D eigenvalue weighted by Crippen LogP contribution is -2.23. The monoisotopic (exact) mass is 538 g/mol. The highest BCUT2D eigenvalue weighted by atomic mass is 35.5. The number of rotatable bonds is 5. The fraction of sp³-hybridized carbons (Fsp3) is 0.286. The first-order chi connectivity index (χ1) is 17.8. The average molecular weight is 539 g/mol. The SMILES string of the molecule is C/C=C\C=C(/CC)n1c(CC)cc2cccc(Cl)c2c1=O.CC.Cc1csc(-c2cnc(N)nc2N)n1. The number of aryl methyl sites for hydroxylation is 2. The summed E-state index contributed by atoms with van der Waals surface area (Å²) in [7, 11) is 0. The predicted molar refractivity (Wildman–Crippen MR) is 160 cm³/mol. The first-order valence-corrected chi connectivity index (χ1v) is 13.5. The molecule has 0 saturated carbocycles. The third-order valence-electron chi connectivity index (χ3n) is 5.25.